The Labute approximate surface area is 168 Å². The first kappa shape index (κ1) is 17.8. The number of thioether (sulfide) groups is 1. The molecule has 1 aliphatic heterocycles. The average molecular weight is 397 g/mol. The molecule has 0 unspecified atom stereocenters. The van der Waals surface area contributed by atoms with Crippen LogP contribution in [0.5, 0.6) is 5.75 Å². The van der Waals surface area contributed by atoms with Gasteiger partial charge in [-0.25, -0.2) is 0 Å². The van der Waals surface area contributed by atoms with Crippen molar-refractivity contribution in [2.45, 2.75) is 24.0 Å². The van der Waals surface area contributed by atoms with Gasteiger partial charge in [0.15, 0.2) is 5.16 Å². The minimum Gasteiger partial charge on any atom is -0.493 e. The lowest BCUT2D eigenvalue weighted by Crippen LogP contribution is -2.38. The molecule has 28 heavy (non-hydrogen) atoms. The van der Waals surface area contributed by atoms with Gasteiger partial charge < -0.3 is 14.4 Å². The Morgan fingerprint density at radius 3 is 2.68 bits per heavy atom. The molecular weight excluding hydrogens is 372 g/mol. The van der Waals surface area contributed by atoms with Crippen molar-refractivity contribution in [3.05, 3.63) is 42.5 Å². The van der Waals surface area contributed by atoms with E-state index in [2.05, 4.69) is 56.1 Å². The molecule has 1 aliphatic carbocycles. The van der Waals surface area contributed by atoms with E-state index in [1.54, 1.807) is 11.8 Å². The van der Waals surface area contributed by atoms with Crippen molar-refractivity contribution in [2.75, 3.05) is 43.6 Å². The van der Waals surface area contributed by atoms with Crippen LogP contribution in [0.3, 0.4) is 0 Å². The van der Waals surface area contributed by atoms with E-state index in [4.69, 9.17) is 9.47 Å². The Kier molecular flexibility index (Phi) is 5.10. The Balaban J connectivity index is 1.21. The molecule has 0 amide bonds. The van der Waals surface area contributed by atoms with Crippen LogP contribution in [0, 0.1) is 0 Å². The van der Waals surface area contributed by atoms with Gasteiger partial charge in [-0.1, -0.05) is 42.1 Å². The van der Waals surface area contributed by atoms with E-state index in [1.807, 2.05) is 6.07 Å². The quantitative estimate of drug-likeness (QED) is 0.448. The zero-order valence-corrected chi connectivity index (χ0v) is 16.6. The number of benzene rings is 2. The number of anilines is 1. The predicted molar refractivity (Wildman–Crippen MR) is 111 cm³/mol. The molecule has 0 N–H and O–H groups in total. The Morgan fingerprint density at radius 1 is 1.04 bits per heavy atom. The monoisotopic (exact) mass is 396 g/mol. The van der Waals surface area contributed by atoms with E-state index in [1.165, 1.54) is 23.6 Å². The second-order valence-corrected chi connectivity index (χ2v) is 8.25. The zero-order chi connectivity index (χ0) is 18.8. The van der Waals surface area contributed by atoms with Crippen LogP contribution in [-0.2, 0) is 4.74 Å². The lowest BCUT2D eigenvalue weighted by molar-refractivity contribution is 0.121. The Bertz CT molecular complexity index is 950. The third-order valence-corrected chi connectivity index (χ3v) is 6.06. The van der Waals surface area contributed by atoms with Crippen molar-refractivity contribution >= 4 is 28.5 Å². The van der Waals surface area contributed by atoms with Gasteiger partial charge in [0, 0.05) is 24.9 Å². The van der Waals surface area contributed by atoms with Crippen molar-refractivity contribution < 1.29 is 9.47 Å². The van der Waals surface area contributed by atoms with Gasteiger partial charge in [0.2, 0.25) is 5.95 Å². The van der Waals surface area contributed by atoms with Gasteiger partial charge in [0.25, 0.3) is 0 Å². The molecule has 146 valence electrons. The first-order valence-electron chi connectivity index (χ1n) is 9.90. The predicted octanol–water partition coefficient (Wildman–Crippen LogP) is 3.77. The molecule has 1 saturated heterocycles. The summed E-state index contributed by atoms with van der Waals surface area (Å²) in [4.78, 5) is 2.30. The molecule has 5 rings (SSSR count). The molecule has 0 spiro atoms. The molecule has 7 heteroatoms. The second-order valence-electron chi connectivity index (χ2n) is 7.19. The fourth-order valence-corrected chi connectivity index (χ4v) is 4.37. The molecule has 0 atom stereocenters. The number of rotatable bonds is 7. The highest BCUT2D eigenvalue weighted by molar-refractivity contribution is 7.99. The lowest BCUT2D eigenvalue weighted by Gasteiger charge is -2.27. The largest absolute Gasteiger partial charge is 0.493 e. The summed E-state index contributed by atoms with van der Waals surface area (Å²) < 4.78 is 13.8. The van der Waals surface area contributed by atoms with Crippen LogP contribution in [0.25, 0.3) is 10.8 Å². The minimum absolute atomic E-state index is 0.553. The number of morpholine rings is 1. The molecule has 0 bridgehead atoms. The first-order valence-corrected chi connectivity index (χ1v) is 10.9. The SMILES string of the molecule is c1ccc2cc(OCCSc3nnc(N4CCOCC4)n3C3CC3)ccc2c1. The number of ether oxygens (including phenoxy) is 2. The summed E-state index contributed by atoms with van der Waals surface area (Å²) in [5.41, 5.74) is 0. The van der Waals surface area contributed by atoms with Gasteiger partial charge in [-0.15, -0.1) is 10.2 Å². The highest BCUT2D eigenvalue weighted by Crippen LogP contribution is 2.41. The number of fused-ring (bicyclic) bond motifs is 1. The van der Waals surface area contributed by atoms with Gasteiger partial charge in [-0.05, 0) is 35.7 Å². The van der Waals surface area contributed by atoms with E-state index >= 15 is 0 Å². The molecule has 6 nitrogen and oxygen atoms in total. The van der Waals surface area contributed by atoms with E-state index < -0.39 is 0 Å². The maximum absolute atomic E-state index is 5.97. The van der Waals surface area contributed by atoms with E-state index in [9.17, 15) is 0 Å². The van der Waals surface area contributed by atoms with Crippen molar-refractivity contribution in [2.24, 2.45) is 0 Å². The fraction of sp³-hybridized carbons (Fsp3) is 0.429. The fourth-order valence-electron chi connectivity index (χ4n) is 3.55. The molecule has 2 heterocycles. The summed E-state index contributed by atoms with van der Waals surface area (Å²) in [5, 5.41) is 12.4. The van der Waals surface area contributed by atoms with Gasteiger partial charge in [0.1, 0.15) is 5.75 Å². The number of nitrogens with zero attached hydrogens (tertiary/aromatic N) is 4. The molecule has 3 aromatic rings. The molecule has 1 saturated carbocycles. The standard InChI is InChI=1S/C21H24N4O2S/c1-2-4-17-15-19(8-5-16(17)3-1)27-13-14-28-21-23-22-20(25(21)18-6-7-18)24-9-11-26-12-10-24/h1-5,8,15,18H,6-7,9-14H2. The highest BCUT2D eigenvalue weighted by Gasteiger charge is 2.32. The number of aromatic nitrogens is 3. The van der Waals surface area contributed by atoms with Crippen LogP contribution in [-0.4, -0.2) is 53.4 Å². The number of hydrogen-bond donors (Lipinski definition) is 0. The van der Waals surface area contributed by atoms with Crippen LogP contribution in [0.2, 0.25) is 0 Å². The minimum atomic E-state index is 0.553. The summed E-state index contributed by atoms with van der Waals surface area (Å²) in [6.45, 7) is 3.95. The Hall–Kier alpha value is -2.25. The maximum Gasteiger partial charge on any atom is 0.228 e. The summed E-state index contributed by atoms with van der Waals surface area (Å²) in [5.74, 6) is 2.77. The molecule has 0 radical (unpaired) electrons. The zero-order valence-electron chi connectivity index (χ0n) is 15.8. The van der Waals surface area contributed by atoms with Crippen LogP contribution in [0.4, 0.5) is 5.95 Å². The van der Waals surface area contributed by atoms with Crippen molar-refractivity contribution in [3.63, 3.8) is 0 Å². The summed E-state index contributed by atoms with van der Waals surface area (Å²) >= 11 is 1.73. The molecule has 2 aromatic carbocycles. The van der Waals surface area contributed by atoms with Crippen LogP contribution < -0.4 is 9.64 Å². The molecule has 2 fully saturated rings. The first-order chi connectivity index (χ1) is 13.9. The smallest absolute Gasteiger partial charge is 0.228 e. The van der Waals surface area contributed by atoms with Crippen LogP contribution in [0.1, 0.15) is 18.9 Å². The van der Waals surface area contributed by atoms with E-state index in [0.717, 1.165) is 48.9 Å². The maximum atomic E-state index is 5.97. The molecule has 1 aromatic heterocycles. The summed E-state index contributed by atoms with van der Waals surface area (Å²) in [7, 11) is 0. The van der Waals surface area contributed by atoms with Crippen molar-refractivity contribution in [1.29, 1.82) is 0 Å². The van der Waals surface area contributed by atoms with E-state index in [0.29, 0.717) is 12.6 Å². The topological polar surface area (TPSA) is 52.4 Å². The summed E-state index contributed by atoms with van der Waals surface area (Å²) in [6.07, 6.45) is 2.44. The van der Waals surface area contributed by atoms with Crippen LogP contribution in [0.15, 0.2) is 47.6 Å². The average Bonchev–Trinajstić information content (AvgIpc) is 3.51. The highest BCUT2D eigenvalue weighted by atomic mass is 32.2. The van der Waals surface area contributed by atoms with Crippen LogP contribution >= 0.6 is 11.8 Å². The van der Waals surface area contributed by atoms with Gasteiger partial charge in [-0.3, -0.25) is 4.57 Å². The normalized spacial score (nSPS) is 17.2. The van der Waals surface area contributed by atoms with E-state index in [-0.39, 0.29) is 0 Å². The third-order valence-electron chi connectivity index (χ3n) is 5.16. The van der Waals surface area contributed by atoms with Crippen molar-refractivity contribution in [1.82, 2.24) is 14.8 Å². The van der Waals surface area contributed by atoms with Gasteiger partial charge in [-0.2, -0.15) is 0 Å². The van der Waals surface area contributed by atoms with Crippen molar-refractivity contribution in [3.8, 4) is 5.75 Å². The lowest BCUT2D eigenvalue weighted by atomic mass is 10.1. The molecule has 2 aliphatic rings. The second kappa shape index (κ2) is 8.01. The Morgan fingerprint density at radius 2 is 1.86 bits per heavy atom. The third kappa shape index (κ3) is 3.82. The molecular formula is C21H24N4O2S. The number of hydrogen-bond acceptors (Lipinski definition) is 6. The van der Waals surface area contributed by atoms with Gasteiger partial charge >= 0.3 is 0 Å². The van der Waals surface area contributed by atoms with Gasteiger partial charge in [0.05, 0.1) is 19.8 Å². The summed E-state index contributed by atoms with van der Waals surface area (Å²) in [6, 6.07) is 15.1.